The molecule has 0 atom stereocenters. The van der Waals surface area contributed by atoms with Crippen molar-refractivity contribution in [2.24, 2.45) is 0 Å². The van der Waals surface area contributed by atoms with Crippen LogP contribution in [0.15, 0.2) is 23.1 Å². The van der Waals surface area contributed by atoms with Gasteiger partial charge in [-0.3, -0.25) is 0 Å². The molecule has 1 aliphatic carbocycles. The van der Waals surface area contributed by atoms with Crippen molar-refractivity contribution in [2.75, 3.05) is 19.5 Å². The van der Waals surface area contributed by atoms with Gasteiger partial charge in [-0.2, -0.15) is 0 Å². The van der Waals surface area contributed by atoms with Gasteiger partial charge in [-0.05, 0) is 42.4 Å². The molecule has 0 amide bonds. The minimum atomic E-state index is -0.313. The number of hydrogen-bond acceptors (Lipinski definition) is 3. The van der Waals surface area contributed by atoms with Gasteiger partial charge in [0.2, 0.25) is 0 Å². The number of hydrogen-bond donors (Lipinski definition) is 0. The molecule has 1 spiro atoms. The maximum Gasteiger partial charge on any atom is 0.172 e. The standard InChI is InChI=1S/C14H18O2S/c1-17-13-4-3-12-10-14(6-5-11(12)9-13)15-7-2-8-16-14/h3-4,9H,2,5-8,10H2,1H3. The Labute approximate surface area is 107 Å². The first-order valence-corrected chi connectivity index (χ1v) is 7.47. The Morgan fingerprint density at radius 3 is 2.76 bits per heavy atom. The van der Waals surface area contributed by atoms with E-state index in [2.05, 4.69) is 24.5 Å². The molecule has 2 nitrogen and oxygen atoms in total. The molecule has 92 valence electrons. The smallest absolute Gasteiger partial charge is 0.172 e. The van der Waals surface area contributed by atoms with Gasteiger partial charge >= 0.3 is 0 Å². The first kappa shape index (κ1) is 11.6. The summed E-state index contributed by atoms with van der Waals surface area (Å²) in [6.07, 6.45) is 6.14. The summed E-state index contributed by atoms with van der Waals surface area (Å²) < 4.78 is 11.8. The number of ether oxygens (including phenoxy) is 2. The fraction of sp³-hybridized carbons (Fsp3) is 0.571. The summed E-state index contributed by atoms with van der Waals surface area (Å²) in [5.41, 5.74) is 2.87. The highest BCUT2D eigenvalue weighted by atomic mass is 32.2. The van der Waals surface area contributed by atoms with E-state index < -0.39 is 0 Å². The van der Waals surface area contributed by atoms with Crippen molar-refractivity contribution in [2.45, 2.75) is 36.4 Å². The van der Waals surface area contributed by atoms with E-state index in [9.17, 15) is 0 Å². The third-order valence-electron chi connectivity index (χ3n) is 3.67. The average Bonchev–Trinajstić information content (AvgIpc) is 2.39. The number of aryl methyl sites for hydroxylation is 1. The van der Waals surface area contributed by atoms with Crippen LogP contribution in [0.1, 0.15) is 24.0 Å². The molecule has 0 radical (unpaired) electrons. The van der Waals surface area contributed by atoms with Crippen LogP contribution in [0.3, 0.4) is 0 Å². The van der Waals surface area contributed by atoms with Crippen molar-refractivity contribution in [1.82, 2.24) is 0 Å². The predicted molar refractivity (Wildman–Crippen MR) is 69.5 cm³/mol. The van der Waals surface area contributed by atoms with Crippen molar-refractivity contribution in [3.8, 4) is 0 Å². The maximum atomic E-state index is 5.89. The third kappa shape index (κ3) is 2.24. The van der Waals surface area contributed by atoms with E-state index in [1.807, 2.05) is 0 Å². The number of rotatable bonds is 1. The summed E-state index contributed by atoms with van der Waals surface area (Å²) in [5, 5.41) is 0. The first-order chi connectivity index (χ1) is 8.31. The second-order valence-electron chi connectivity index (χ2n) is 4.77. The molecule has 0 aromatic heterocycles. The van der Waals surface area contributed by atoms with Crippen LogP contribution in [0.5, 0.6) is 0 Å². The normalized spacial score (nSPS) is 22.4. The van der Waals surface area contributed by atoms with Gasteiger partial charge < -0.3 is 9.47 Å². The molecule has 1 aromatic carbocycles. The van der Waals surface area contributed by atoms with Gasteiger partial charge in [0.25, 0.3) is 0 Å². The van der Waals surface area contributed by atoms with E-state index in [1.165, 1.54) is 16.0 Å². The molecule has 1 aliphatic heterocycles. The first-order valence-electron chi connectivity index (χ1n) is 6.25. The zero-order valence-corrected chi connectivity index (χ0v) is 11.0. The molecule has 2 aliphatic rings. The lowest BCUT2D eigenvalue weighted by Crippen LogP contribution is -2.45. The molecular weight excluding hydrogens is 232 g/mol. The zero-order valence-electron chi connectivity index (χ0n) is 10.2. The van der Waals surface area contributed by atoms with Crippen molar-refractivity contribution in [3.05, 3.63) is 29.3 Å². The summed E-state index contributed by atoms with van der Waals surface area (Å²) in [4.78, 5) is 1.35. The number of fused-ring (bicyclic) bond motifs is 1. The Hall–Kier alpha value is -0.510. The van der Waals surface area contributed by atoms with Crippen molar-refractivity contribution >= 4 is 11.8 Å². The van der Waals surface area contributed by atoms with E-state index in [0.29, 0.717) is 0 Å². The summed E-state index contributed by atoms with van der Waals surface area (Å²) >= 11 is 1.81. The summed E-state index contributed by atoms with van der Waals surface area (Å²) in [5.74, 6) is -0.313. The van der Waals surface area contributed by atoms with E-state index in [-0.39, 0.29) is 5.79 Å². The van der Waals surface area contributed by atoms with E-state index in [4.69, 9.17) is 9.47 Å². The largest absolute Gasteiger partial charge is 0.349 e. The average molecular weight is 250 g/mol. The Kier molecular flexibility index (Phi) is 3.16. The molecule has 3 heteroatoms. The molecule has 1 fully saturated rings. The highest BCUT2D eigenvalue weighted by molar-refractivity contribution is 7.98. The minimum absolute atomic E-state index is 0.313. The fourth-order valence-electron chi connectivity index (χ4n) is 2.70. The number of benzene rings is 1. The lowest BCUT2D eigenvalue weighted by molar-refractivity contribution is -0.271. The molecule has 1 aromatic rings. The highest BCUT2D eigenvalue weighted by Crippen LogP contribution is 2.35. The summed E-state index contributed by atoms with van der Waals surface area (Å²) in [7, 11) is 0. The Bertz CT molecular complexity index is 411. The maximum absolute atomic E-state index is 5.89. The van der Waals surface area contributed by atoms with Gasteiger partial charge in [-0.25, -0.2) is 0 Å². The SMILES string of the molecule is CSc1ccc2c(c1)CCC1(C2)OCCCO1. The van der Waals surface area contributed by atoms with Crippen molar-refractivity contribution < 1.29 is 9.47 Å². The van der Waals surface area contributed by atoms with Crippen molar-refractivity contribution in [3.63, 3.8) is 0 Å². The van der Waals surface area contributed by atoms with Crippen molar-refractivity contribution in [1.29, 1.82) is 0 Å². The van der Waals surface area contributed by atoms with Crippen LogP contribution in [0.25, 0.3) is 0 Å². The van der Waals surface area contributed by atoms with E-state index in [0.717, 1.165) is 38.9 Å². The lowest BCUT2D eigenvalue weighted by atomic mass is 9.87. The van der Waals surface area contributed by atoms with Crippen LogP contribution < -0.4 is 0 Å². The predicted octanol–water partition coefficient (Wildman–Crippen LogP) is 3.03. The zero-order chi connectivity index (χ0) is 11.7. The Morgan fingerprint density at radius 2 is 2.00 bits per heavy atom. The topological polar surface area (TPSA) is 18.5 Å². The van der Waals surface area contributed by atoms with Gasteiger partial charge in [-0.15, -0.1) is 11.8 Å². The molecular formula is C14H18O2S. The Balaban J connectivity index is 1.85. The summed E-state index contributed by atoms with van der Waals surface area (Å²) in [6, 6.07) is 6.75. The molecule has 0 saturated carbocycles. The van der Waals surface area contributed by atoms with Crippen LogP contribution >= 0.6 is 11.8 Å². The third-order valence-corrected chi connectivity index (χ3v) is 4.39. The van der Waals surface area contributed by atoms with Crippen LogP contribution in [0.4, 0.5) is 0 Å². The van der Waals surface area contributed by atoms with E-state index in [1.54, 1.807) is 11.8 Å². The molecule has 0 unspecified atom stereocenters. The van der Waals surface area contributed by atoms with Gasteiger partial charge in [0.15, 0.2) is 5.79 Å². The van der Waals surface area contributed by atoms with E-state index >= 15 is 0 Å². The van der Waals surface area contributed by atoms with Crippen LogP contribution in [-0.2, 0) is 22.3 Å². The van der Waals surface area contributed by atoms with Gasteiger partial charge in [-0.1, -0.05) is 6.07 Å². The molecule has 0 bridgehead atoms. The Morgan fingerprint density at radius 1 is 1.18 bits per heavy atom. The molecule has 0 N–H and O–H groups in total. The molecule has 3 rings (SSSR count). The molecule has 1 heterocycles. The molecule has 1 saturated heterocycles. The van der Waals surface area contributed by atoms with Gasteiger partial charge in [0, 0.05) is 17.7 Å². The molecule has 17 heavy (non-hydrogen) atoms. The monoisotopic (exact) mass is 250 g/mol. The van der Waals surface area contributed by atoms with Gasteiger partial charge in [0.05, 0.1) is 13.2 Å². The second kappa shape index (κ2) is 4.63. The number of thioether (sulfide) groups is 1. The second-order valence-corrected chi connectivity index (χ2v) is 5.65. The quantitative estimate of drug-likeness (QED) is 0.714. The lowest BCUT2D eigenvalue weighted by Gasteiger charge is -2.40. The highest BCUT2D eigenvalue weighted by Gasteiger charge is 2.38. The van der Waals surface area contributed by atoms with Crippen LogP contribution in [0, 0.1) is 0 Å². The minimum Gasteiger partial charge on any atom is -0.349 e. The summed E-state index contributed by atoms with van der Waals surface area (Å²) in [6.45, 7) is 1.69. The van der Waals surface area contributed by atoms with Crippen LogP contribution in [0.2, 0.25) is 0 Å². The van der Waals surface area contributed by atoms with Gasteiger partial charge in [0.1, 0.15) is 0 Å². The van der Waals surface area contributed by atoms with Crippen LogP contribution in [-0.4, -0.2) is 25.3 Å². The fourth-order valence-corrected chi connectivity index (χ4v) is 3.17.